The van der Waals surface area contributed by atoms with Gasteiger partial charge in [-0.05, 0) is 54.8 Å². The maximum Gasteiger partial charge on any atom is 0.256 e. The number of benzene rings is 1. The molecule has 0 aliphatic rings. The van der Waals surface area contributed by atoms with Gasteiger partial charge in [-0.1, -0.05) is 6.07 Å². The van der Waals surface area contributed by atoms with E-state index in [-0.39, 0.29) is 12.5 Å². The minimum atomic E-state index is -0.203. The number of aliphatic hydroxyl groups is 1. The van der Waals surface area contributed by atoms with Crippen molar-refractivity contribution in [3.8, 4) is 0 Å². The Bertz CT molecular complexity index is 609. The molecule has 19 heavy (non-hydrogen) atoms. The summed E-state index contributed by atoms with van der Waals surface area (Å²) in [5, 5.41) is 11.8. The molecule has 0 atom stereocenters. The van der Waals surface area contributed by atoms with Crippen molar-refractivity contribution < 1.29 is 9.90 Å². The van der Waals surface area contributed by atoms with Crippen molar-refractivity contribution in [1.82, 2.24) is 4.98 Å². The molecule has 98 valence electrons. The Morgan fingerprint density at radius 3 is 2.68 bits per heavy atom. The van der Waals surface area contributed by atoms with E-state index in [0.717, 1.165) is 11.1 Å². The zero-order chi connectivity index (χ0) is 13.8. The Kier molecular flexibility index (Phi) is 3.92. The van der Waals surface area contributed by atoms with Gasteiger partial charge < -0.3 is 10.4 Å². The molecule has 0 unspecified atom stereocenters. The molecule has 0 aliphatic carbocycles. The van der Waals surface area contributed by atoms with Crippen molar-refractivity contribution in [1.29, 1.82) is 0 Å². The molecule has 0 spiro atoms. The molecular formula is C15H16N2O2. The van der Waals surface area contributed by atoms with E-state index in [1.807, 2.05) is 26.0 Å². The Balaban J connectivity index is 2.18. The number of aliphatic hydroxyl groups excluding tert-OH is 1. The first kappa shape index (κ1) is 13.2. The highest BCUT2D eigenvalue weighted by molar-refractivity contribution is 6.03. The molecule has 1 amide bonds. The lowest BCUT2D eigenvalue weighted by atomic mass is 10.1. The highest BCUT2D eigenvalue weighted by atomic mass is 16.3. The molecule has 1 aromatic carbocycles. The summed E-state index contributed by atoms with van der Waals surface area (Å²) in [5.41, 5.74) is 3.53. The summed E-state index contributed by atoms with van der Waals surface area (Å²) in [4.78, 5) is 16.1. The van der Waals surface area contributed by atoms with E-state index in [2.05, 4.69) is 10.3 Å². The summed E-state index contributed by atoms with van der Waals surface area (Å²) in [5.74, 6) is 0.237. The van der Waals surface area contributed by atoms with Crippen LogP contribution in [0.25, 0.3) is 0 Å². The maximum absolute atomic E-state index is 12.1. The summed E-state index contributed by atoms with van der Waals surface area (Å²) >= 11 is 0. The molecule has 4 heteroatoms. The second kappa shape index (κ2) is 5.63. The molecule has 0 radical (unpaired) electrons. The predicted octanol–water partition coefficient (Wildman–Crippen LogP) is 2.44. The first-order valence-electron chi connectivity index (χ1n) is 6.04. The van der Waals surface area contributed by atoms with Crippen molar-refractivity contribution in [2.75, 3.05) is 5.32 Å². The number of hydrogen-bond acceptors (Lipinski definition) is 3. The van der Waals surface area contributed by atoms with E-state index >= 15 is 0 Å². The molecule has 2 rings (SSSR count). The van der Waals surface area contributed by atoms with E-state index in [4.69, 9.17) is 5.11 Å². The van der Waals surface area contributed by atoms with E-state index in [1.165, 1.54) is 0 Å². The van der Waals surface area contributed by atoms with Gasteiger partial charge in [0.1, 0.15) is 5.82 Å². The summed E-state index contributed by atoms with van der Waals surface area (Å²) in [7, 11) is 0. The largest absolute Gasteiger partial charge is 0.392 e. The Hall–Kier alpha value is -2.20. The molecule has 1 heterocycles. The van der Waals surface area contributed by atoms with Gasteiger partial charge in [-0.3, -0.25) is 4.79 Å². The fourth-order valence-electron chi connectivity index (χ4n) is 1.71. The van der Waals surface area contributed by atoms with Crippen LogP contribution in [-0.2, 0) is 6.61 Å². The topological polar surface area (TPSA) is 62.2 Å². The summed E-state index contributed by atoms with van der Waals surface area (Å²) in [6, 6.07) is 8.90. The van der Waals surface area contributed by atoms with Crippen LogP contribution in [0.5, 0.6) is 0 Å². The molecule has 2 aromatic rings. The number of anilines is 1. The van der Waals surface area contributed by atoms with Gasteiger partial charge in [0.25, 0.3) is 5.91 Å². The van der Waals surface area contributed by atoms with Crippen LogP contribution >= 0.6 is 0 Å². The van der Waals surface area contributed by atoms with Gasteiger partial charge in [0, 0.05) is 11.8 Å². The second-order valence-electron chi connectivity index (χ2n) is 4.46. The third-order valence-corrected chi connectivity index (χ3v) is 3.02. The predicted molar refractivity (Wildman–Crippen MR) is 74.0 cm³/mol. The van der Waals surface area contributed by atoms with Crippen LogP contribution in [-0.4, -0.2) is 16.0 Å². The number of aryl methyl sites for hydroxylation is 2. The monoisotopic (exact) mass is 256 g/mol. The summed E-state index contributed by atoms with van der Waals surface area (Å²) in [6.45, 7) is 3.90. The molecule has 0 saturated heterocycles. The van der Waals surface area contributed by atoms with Crippen LogP contribution in [0.15, 0.2) is 36.5 Å². The number of nitrogens with one attached hydrogen (secondary N) is 1. The number of amides is 1. The Labute approximate surface area is 112 Å². The molecule has 2 N–H and O–H groups in total. The molecule has 0 aliphatic heterocycles. The van der Waals surface area contributed by atoms with Crippen molar-refractivity contribution in [2.45, 2.75) is 20.5 Å². The number of carbonyl (C=O) groups excluding carboxylic acids is 1. The van der Waals surface area contributed by atoms with Gasteiger partial charge >= 0.3 is 0 Å². The lowest BCUT2D eigenvalue weighted by molar-refractivity contribution is 0.102. The fraction of sp³-hybridized carbons (Fsp3) is 0.200. The lowest BCUT2D eigenvalue weighted by Gasteiger charge is -2.07. The quantitative estimate of drug-likeness (QED) is 0.886. The van der Waals surface area contributed by atoms with Gasteiger partial charge in [-0.25, -0.2) is 4.98 Å². The first-order valence-corrected chi connectivity index (χ1v) is 6.04. The van der Waals surface area contributed by atoms with E-state index in [9.17, 15) is 4.79 Å². The van der Waals surface area contributed by atoms with Crippen LogP contribution in [0.1, 0.15) is 27.0 Å². The number of pyridine rings is 1. The van der Waals surface area contributed by atoms with Gasteiger partial charge in [-0.15, -0.1) is 0 Å². The van der Waals surface area contributed by atoms with E-state index in [1.54, 1.807) is 24.4 Å². The van der Waals surface area contributed by atoms with Gasteiger partial charge in [0.2, 0.25) is 0 Å². The number of nitrogens with zero attached hydrogens (tertiary/aromatic N) is 1. The highest BCUT2D eigenvalue weighted by Gasteiger charge is 2.08. The zero-order valence-corrected chi connectivity index (χ0v) is 11.0. The smallest absolute Gasteiger partial charge is 0.256 e. The minimum Gasteiger partial charge on any atom is -0.392 e. The molecule has 0 bridgehead atoms. The second-order valence-corrected chi connectivity index (χ2v) is 4.46. The first-order chi connectivity index (χ1) is 9.10. The van der Waals surface area contributed by atoms with Crippen molar-refractivity contribution in [3.05, 3.63) is 58.8 Å². The number of hydrogen-bond donors (Lipinski definition) is 2. The normalized spacial score (nSPS) is 10.3. The minimum absolute atomic E-state index is 0.0744. The van der Waals surface area contributed by atoms with Crippen LogP contribution in [0, 0.1) is 13.8 Å². The average Bonchev–Trinajstić information content (AvgIpc) is 2.42. The number of carbonyl (C=O) groups is 1. The van der Waals surface area contributed by atoms with E-state index < -0.39 is 0 Å². The third kappa shape index (κ3) is 3.17. The summed E-state index contributed by atoms with van der Waals surface area (Å²) in [6.07, 6.45) is 1.56. The van der Waals surface area contributed by atoms with Gasteiger partial charge in [0.15, 0.2) is 0 Å². The number of aromatic nitrogens is 1. The Morgan fingerprint density at radius 1 is 1.21 bits per heavy atom. The van der Waals surface area contributed by atoms with Crippen LogP contribution in [0.4, 0.5) is 5.82 Å². The molecular weight excluding hydrogens is 240 g/mol. The molecule has 4 nitrogen and oxygen atoms in total. The highest BCUT2D eigenvalue weighted by Crippen LogP contribution is 2.12. The maximum atomic E-state index is 12.1. The van der Waals surface area contributed by atoms with Crippen molar-refractivity contribution in [2.24, 2.45) is 0 Å². The number of rotatable bonds is 3. The molecule has 0 saturated carbocycles. The Morgan fingerprint density at radius 2 is 2.00 bits per heavy atom. The van der Waals surface area contributed by atoms with E-state index in [0.29, 0.717) is 16.9 Å². The SMILES string of the molecule is Cc1ccc(C(=O)Nc2cc(CO)ccn2)cc1C. The lowest BCUT2D eigenvalue weighted by Crippen LogP contribution is -2.13. The van der Waals surface area contributed by atoms with Crippen LogP contribution in [0.2, 0.25) is 0 Å². The molecule has 0 fully saturated rings. The average molecular weight is 256 g/mol. The fourth-order valence-corrected chi connectivity index (χ4v) is 1.71. The van der Waals surface area contributed by atoms with Crippen molar-refractivity contribution >= 4 is 11.7 Å². The summed E-state index contributed by atoms with van der Waals surface area (Å²) < 4.78 is 0. The third-order valence-electron chi connectivity index (χ3n) is 3.02. The van der Waals surface area contributed by atoms with Crippen LogP contribution < -0.4 is 5.32 Å². The van der Waals surface area contributed by atoms with Crippen LogP contribution in [0.3, 0.4) is 0 Å². The molecule has 1 aromatic heterocycles. The van der Waals surface area contributed by atoms with Gasteiger partial charge in [0.05, 0.1) is 6.61 Å². The van der Waals surface area contributed by atoms with Crippen molar-refractivity contribution in [3.63, 3.8) is 0 Å². The van der Waals surface area contributed by atoms with Gasteiger partial charge in [-0.2, -0.15) is 0 Å². The zero-order valence-electron chi connectivity index (χ0n) is 11.0. The standard InChI is InChI=1S/C15H16N2O2/c1-10-3-4-13(7-11(10)2)15(19)17-14-8-12(9-18)5-6-16-14/h3-8,18H,9H2,1-2H3,(H,16,17,19).